The van der Waals surface area contributed by atoms with E-state index >= 15 is 0 Å². The number of nitrogens with one attached hydrogen (secondary N) is 1. The normalized spacial score (nSPS) is 16.1. The lowest BCUT2D eigenvalue weighted by Crippen LogP contribution is -2.06. The first-order chi connectivity index (χ1) is 6.13. The van der Waals surface area contributed by atoms with Gasteiger partial charge in [0, 0.05) is 5.69 Å². The Morgan fingerprint density at radius 1 is 1.46 bits per heavy atom. The zero-order valence-corrected chi connectivity index (χ0v) is 8.32. The Morgan fingerprint density at radius 3 is 2.85 bits per heavy atom. The minimum absolute atomic E-state index is 0.111. The van der Waals surface area contributed by atoms with Crippen LogP contribution < -0.4 is 0 Å². The van der Waals surface area contributed by atoms with Crippen molar-refractivity contribution in [2.24, 2.45) is 0 Å². The third-order valence-electron chi connectivity index (χ3n) is 2.36. The third kappa shape index (κ3) is 1.37. The minimum Gasteiger partial charge on any atom is -0.332 e. The van der Waals surface area contributed by atoms with Crippen LogP contribution in [0.1, 0.15) is 24.7 Å². The van der Waals surface area contributed by atoms with Gasteiger partial charge in [-0.15, -0.1) is 0 Å². The summed E-state index contributed by atoms with van der Waals surface area (Å²) in [6, 6.07) is 0. The predicted molar refractivity (Wildman–Crippen MR) is 48.3 cm³/mol. The van der Waals surface area contributed by atoms with Crippen LogP contribution in [0.25, 0.3) is 0 Å². The number of aromatic amines is 1. The van der Waals surface area contributed by atoms with Gasteiger partial charge in [0.1, 0.15) is 0 Å². The Kier molecular flexibility index (Phi) is 1.91. The molecular weight excluding hydrogens is 188 g/mol. The van der Waals surface area contributed by atoms with E-state index in [0.717, 1.165) is 30.7 Å². The summed E-state index contributed by atoms with van der Waals surface area (Å²) in [4.78, 5) is 6.98. The number of aryl methyl sites for hydroxylation is 2. The van der Waals surface area contributed by atoms with E-state index in [1.807, 2.05) is 0 Å². The van der Waals surface area contributed by atoms with Gasteiger partial charge >= 0.3 is 0 Å². The summed E-state index contributed by atoms with van der Waals surface area (Å²) in [6.07, 6.45) is 2.92. The Labute approximate surface area is 77.3 Å². The Bertz CT molecular complexity index is 398. The van der Waals surface area contributed by atoms with E-state index in [-0.39, 0.29) is 10.9 Å². The minimum atomic E-state index is -3.14. The number of nitrogens with zero attached hydrogens (tertiary/aromatic N) is 1. The summed E-state index contributed by atoms with van der Waals surface area (Å²) in [5.41, 5.74) is 1.94. The van der Waals surface area contributed by atoms with Gasteiger partial charge in [-0.2, -0.15) is 0 Å². The van der Waals surface area contributed by atoms with E-state index in [2.05, 4.69) is 9.97 Å². The highest BCUT2D eigenvalue weighted by molar-refractivity contribution is 7.91. The quantitative estimate of drug-likeness (QED) is 0.764. The maximum atomic E-state index is 11.4. The highest BCUT2D eigenvalue weighted by Gasteiger charge is 2.22. The number of aromatic nitrogens is 2. The molecule has 0 radical (unpaired) electrons. The SMILES string of the molecule is CCS(=O)(=O)c1nc2c([nH]1)CCC2. The lowest BCUT2D eigenvalue weighted by atomic mass is 10.4. The molecule has 1 N–H and O–H groups in total. The third-order valence-corrected chi connectivity index (χ3v) is 3.90. The van der Waals surface area contributed by atoms with Crippen LogP contribution >= 0.6 is 0 Å². The van der Waals surface area contributed by atoms with Crippen LogP contribution in [0, 0.1) is 0 Å². The number of imidazole rings is 1. The highest BCUT2D eigenvalue weighted by atomic mass is 32.2. The molecule has 0 aliphatic heterocycles. The van der Waals surface area contributed by atoms with Crippen molar-refractivity contribution in [2.45, 2.75) is 31.3 Å². The van der Waals surface area contributed by atoms with E-state index in [4.69, 9.17) is 0 Å². The molecule has 1 aliphatic carbocycles. The molecule has 1 aromatic rings. The first-order valence-electron chi connectivity index (χ1n) is 4.44. The van der Waals surface area contributed by atoms with Crippen molar-refractivity contribution < 1.29 is 8.42 Å². The standard InChI is InChI=1S/C8H12N2O2S/c1-2-13(11,12)8-9-6-4-3-5-7(6)10-8/h2-5H2,1H3,(H,9,10). The van der Waals surface area contributed by atoms with Gasteiger partial charge in [0.25, 0.3) is 0 Å². The van der Waals surface area contributed by atoms with Crippen molar-refractivity contribution in [1.82, 2.24) is 9.97 Å². The molecular formula is C8H12N2O2S. The summed E-state index contributed by atoms with van der Waals surface area (Å²) in [5.74, 6) is 0.111. The number of fused-ring (bicyclic) bond motifs is 1. The number of H-pyrrole nitrogens is 1. The molecule has 0 saturated heterocycles. The average Bonchev–Trinajstić information content (AvgIpc) is 2.61. The number of hydrogen-bond acceptors (Lipinski definition) is 3. The van der Waals surface area contributed by atoms with Crippen LogP contribution in [0.5, 0.6) is 0 Å². The number of rotatable bonds is 2. The zero-order valence-electron chi connectivity index (χ0n) is 7.50. The van der Waals surface area contributed by atoms with Gasteiger partial charge in [-0.25, -0.2) is 13.4 Å². The fraction of sp³-hybridized carbons (Fsp3) is 0.625. The molecule has 0 bridgehead atoms. The van der Waals surface area contributed by atoms with E-state index < -0.39 is 9.84 Å². The van der Waals surface area contributed by atoms with Gasteiger partial charge in [0.05, 0.1) is 11.4 Å². The molecule has 5 heteroatoms. The van der Waals surface area contributed by atoms with Gasteiger partial charge in [0.2, 0.25) is 15.0 Å². The molecule has 0 saturated carbocycles. The van der Waals surface area contributed by atoms with Crippen LogP contribution in [0.4, 0.5) is 0 Å². The monoisotopic (exact) mass is 200 g/mol. The molecule has 0 fully saturated rings. The fourth-order valence-electron chi connectivity index (χ4n) is 1.55. The average molecular weight is 200 g/mol. The second-order valence-electron chi connectivity index (χ2n) is 3.22. The highest BCUT2D eigenvalue weighted by Crippen LogP contribution is 2.21. The first-order valence-corrected chi connectivity index (χ1v) is 6.09. The van der Waals surface area contributed by atoms with E-state index in [9.17, 15) is 8.42 Å². The maximum absolute atomic E-state index is 11.4. The first kappa shape index (κ1) is 8.74. The second-order valence-corrected chi connectivity index (χ2v) is 5.42. The summed E-state index contributed by atoms with van der Waals surface area (Å²) in [7, 11) is -3.14. The van der Waals surface area contributed by atoms with Crippen molar-refractivity contribution >= 4 is 9.84 Å². The van der Waals surface area contributed by atoms with Crippen LogP contribution in [-0.2, 0) is 22.7 Å². The molecule has 4 nitrogen and oxygen atoms in total. The zero-order chi connectivity index (χ0) is 9.47. The van der Waals surface area contributed by atoms with Crippen molar-refractivity contribution in [3.63, 3.8) is 0 Å². The smallest absolute Gasteiger partial charge is 0.225 e. The Morgan fingerprint density at radius 2 is 2.23 bits per heavy atom. The Balaban J connectivity index is 2.45. The van der Waals surface area contributed by atoms with Crippen LogP contribution in [0.15, 0.2) is 5.16 Å². The van der Waals surface area contributed by atoms with E-state index in [1.54, 1.807) is 6.92 Å². The summed E-state index contributed by atoms with van der Waals surface area (Å²) < 4.78 is 22.8. The molecule has 0 unspecified atom stereocenters. The number of hydrogen-bond donors (Lipinski definition) is 1. The second kappa shape index (κ2) is 2.83. The molecule has 0 amide bonds. The van der Waals surface area contributed by atoms with Crippen LogP contribution in [-0.4, -0.2) is 24.1 Å². The molecule has 72 valence electrons. The fourth-order valence-corrected chi connectivity index (χ4v) is 2.35. The molecule has 2 rings (SSSR count). The summed E-state index contributed by atoms with van der Waals surface area (Å²) >= 11 is 0. The molecule has 1 aliphatic rings. The van der Waals surface area contributed by atoms with Crippen molar-refractivity contribution in [2.75, 3.05) is 5.75 Å². The van der Waals surface area contributed by atoms with Crippen molar-refractivity contribution in [3.05, 3.63) is 11.4 Å². The summed E-state index contributed by atoms with van der Waals surface area (Å²) in [6.45, 7) is 1.63. The predicted octanol–water partition coefficient (Wildman–Crippen LogP) is 0.692. The molecule has 1 heterocycles. The van der Waals surface area contributed by atoms with Gasteiger partial charge in [-0.05, 0) is 19.3 Å². The van der Waals surface area contributed by atoms with Crippen molar-refractivity contribution in [3.8, 4) is 0 Å². The van der Waals surface area contributed by atoms with Crippen LogP contribution in [0.3, 0.4) is 0 Å². The lowest BCUT2D eigenvalue weighted by molar-refractivity contribution is 0.588. The largest absolute Gasteiger partial charge is 0.332 e. The lowest BCUT2D eigenvalue weighted by Gasteiger charge is -1.94. The molecule has 13 heavy (non-hydrogen) atoms. The van der Waals surface area contributed by atoms with Crippen molar-refractivity contribution in [1.29, 1.82) is 0 Å². The molecule has 0 atom stereocenters. The van der Waals surface area contributed by atoms with Gasteiger partial charge < -0.3 is 4.98 Å². The van der Waals surface area contributed by atoms with Gasteiger partial charge in [0.15, 0.2) is 0 Å². The van der Waals surface area contributed by atoms with E-state index in [0.29, 0.717) is 0 Å². The molecule has 0 spiro atoms. The molecule has 1 aromatic heterocycles. The maximum Gasteiger partial charge on any atom is 0.225 e. The topological polar surface area (TPSA) is 62.8 Å². The summed E-state index contributed by atoms with van der Waals surface area (Å²) in [5, 5.41) is 0.153. The van der Waals surface area contributed by atoms with Crippen LogP contribution in [0.2, 0.25) is 0 Å². The van der Waals surface area contributed by atoms with E-state index in [1.165, 1.54) is 0 Å². The Hall–Kier alpha value is -0.840. The van der Waals surface area contributed by atoms with Gasteiger partial charge in [-0.3, -0.25) is 0 Å². The molecule has 0 aromatic carbocycles. The van der Waals surface area contributed by atoms with Gasteiger partial charge in [-0.1, -0.05) is 6.92 Å². The number of sulfone groups is 1.